The molecule has 0 saturated carbocycles. The van der Waals surface area contributed by atoms with Crippen LogP contribution in [0.3, 0.4) is 0 Å². The van der Waals surface area contributed by atoms with Gasteiger partial charge in [0, 0.05) is 12.1 Å². The van der Waals surface area contributed by atoms with E-state index in [2.05, 4.69) is 0 Å². The molecule has 2 N–H and O–H groups in total. The summed E-state index contributed by atoms with van der Waals surface area (Å²) in [6, 6.07) is 12.3. The number of halogens is 2. The van der Waals surface area contributed by atoms with Crippen molar-refractivity contribution in [3.8, 4) is 5.75 Å². The van der Waals surface area contributed by atoms with Crippen LogP contribution < -0.4 is 10.5 Å². The monoisotopic (exact) mass is 265 g/mol. The fourth-order valence-electron chi connectivity index (χ4n) is 1.58. The van der Waals surface area contributed by atoms with Crippen molar-refractivity contribution in [1.82, 2.24) is 0 Å². The SMILES string of the molecule is NCc1cccc(OCc2cccc(Cl)c2F)c1. The molecule has 0 aliphatic rings. The molecule has 2 aromatic rings. The van der Waals surface area contributed by atoms with Crippen molar-refractivity contribution in [2.75, 3.05) is 0 Å². The molecule has 0 atom stereocenters. The van der Waals surface area contributed by atoms with Gasteiger partial charge in [0.15, 0.2) is 0 Å². The highest BCUT2D eigenvalue weighted by Crippen LogP contribution is 2.20. The molecule has 0 aliphatic heterocycles. The summed E-state index contributed by atoms with van der Waals surface area (Å²) >= 11 is 5.70. The van der Waals surface area contributed by atoms with Crippen LogP contribution >= 0.6 is 11.6 Å². The fourth-order valence-corrected chi connectivity index (χ4v) is 1.78. The van der Waals surface area contributed by atoms with E-state index in [-0.39, 0.29) is 11.6 Å². The minimum atomic E-state index is -0.436. The van der Waals surface area contributed by atoms with Crippen LogP contribution in [0.5, 0.6) is 5.75 Å². The molecule has 0 aromatic heterocycles. The van der Waals surface area contributed by atoms with E-state index < -0.39 is 5.82 Å². The van der Waals surface area contributed by atoms with Crippen LogP contribution in [0.15, 0.2) is 42.5 Å². The Labute approximate surface area is 110 Å². The van der Waals surface area contributed by atoms with Gasteiger partial charge < -0.3 is 10.5 Å². The molecule has 0 bridgehead atoms. The molecule has 2 aromatic carbocycles. The summed E-state index contributed by atoms with van der Waals surface area (Å²) in [5.41, 5.74) is 6.94. The Kier molecular flexibility index (Phi) is 4.18. The van der Waals surface area contributed by atoms with Gasteiger partial charge in [0.05, 0.1) is 5.02 Å². The van der Waals surface area contributed by atoms with E-state index in [1.165, 1.54) is 6.07 Å². The van der Waals surface area contributed by atoms with Gasteiger partial charge in [0.2, 0.25) is 0 Å². The van der Waals surface area contributed by atoms with Gasteiger partial charge in [-0.1, -0.05) is 35.9 Å². The predicted octanol–water partition coefficient (Wildman–Crippen LogP) is 3.52. The summed E-state index contributed by atoms with van der Waals surface area (Å²) in [7, 11) is 0. The first-order valence-electron chi connectivity index (χ1n) is 5.55. The Balaban J connectivity index is 2.09. The Bertz CT molecular complexity index is 545. The van der Waals surface area contributed by atoms with E-state index in [9.17, 15) is 4.39 Å². The first-order valence-corrected chi connectivity index (χ1v) is 5.93. The molecule has 0 aliphatic carbocycles. The molecule has 94 valence electrons. The van der Waals surface area contributed by atoms with Crippen LogP contribution in [0.2, 0.25) is 5.02 Å². The van der Waals surface area contributed by atoms with E-state index >= 15 is 0 Å². The highest BCUT2D eigenvalue weighted by Gasteiger charge is 2.06. The Morgan fingerprint density at radius 2 is 1.94 bits per heavy atom. The van der Waals surface area contributed by atoms with Crippen molar-refractivity contribution in [2.24, 2.45) is 5.73 Å². The van der Waals surface area contributed by atoms with Gasteiger partial charge >= 0.3 is 0 Å². The first kappa shape index (κ1) is 12.9. The molecular formula is C14H13ClFNO. The highest BCUT2D eigenvalue weighted by atomic mass is 35.5. The minimum Gasteiger partial charge on any atom is -0.489 e. The van der Waals surface area contributed by atoms with E-state index in [1.807, 2.05) is 24.3 Å². The van der Waals surface area contributed by atoms with Crippen LogP contribution in [0.1, 0.15) is 11.1 Å². The average molecular weight is 266 g/mol. The summed E-state index contributed by atoms with van der Waals surface area (Å²) in [5.74, 6) is 0.228. The number of benzene rings is 2. The van der Waals surface area contributed by atoms with Gasteiger partial charge in [0.1, 0.15) is 18.2 Å². The number of ether oxygens (including phenoxy) is 1. The summed E-state index contributed by atoms with van der Waals surface area (Å²) in [5, 5.41) is 0.104. The van der Waals surface area contributed by atoms with Crippen molar-refractivity contribution in [2.45, 2.75) is 13.2 Å². The van der Waals surface area contributed by atoms with Gasteiger partial charge in [-0.25, -0.2) is 4.39 Å². The molecule has 0 saturated heterocycles. The fraction of sp³-hybridized carbons (Fsp3) is 0.143. The van der Waals surface area contributed by atoms with E-state index in [0.717, 1.165) is 5.56 Å². The molecule has 0 unspecified atom stereocenters. The molecule has 2 nitrogen and oxygen atoms in total. The summed E-state index contributed by atoms with van der Waals surface area (Å²) in [4.78, 5) is 0. The lowest BCUT2D eigenvalue weighted by atomic mass is 10.2. The third kappa shape index (κ3) is 3.00. The van der Waals surface area contributed by atoms with Gasteiger partial charge in [-0.15, -0.1) is 0 Å². The Morgan fingerprint density at radius 3 is 2.72 bits per heavy atom. The van der Waals surface area contributed by atoms with Crippen LogP contribution in [-0.4, -0.2) is 0 Å². The second kappa shape index (κ2) is 5.85. The maximum absolute atomic E-state index is 13.6. The van der Waals surface area contributed by atoms with Crippen molar-refractivity contribution in [3.63, 3.8) is 0 Å². The zero-order valence-electron chi connectivity index (χ0n) is 9.70. The van der Waals surface area contributed by atoms with Gasteiger partial charge in [-0.05, 0) is 23.8 Å². The molecule has 0 radical (unpaired) electrons. The second-order valence-electron chi connectivity index (χ2n) is 3.85. The number of hydrogen-bond donors (Lipinski definition) is 1. The number of rotatable bonds is 4. The molecule has 18 heavy (non-hydrogen) atoms. The van der Waals surface area contributed by atoms with Gasteiger partial charge in [-0.2, -0.15) is 0 Å². The molecule has 0 amide bonds. The maximum atomic E-state index is 13.6. The molecule has 2 rings (SSSR count). The topological polar surface area (TPSA) is 35.2 Å². The zero-order chi connectivity index (χ0) is 13.0. The van der Waals surface area contributed by atoms with E-state index in [1.54, 1.807) is 12.1 Å². The van der Waals surface area contributed by atoms with Gasteiger partial charge in [-0.3, -0.25) is 0 Å². The highest BCUT2D eigenvalue weighted by molar-refractivity contribution is 6.30. The summed E-state index contributed by atoms with van der Waals surface area (Å²) in [6.07, 6.45) is 0. The van der Waals surface area contributed by atoms with Crippen molar-refractivity contribution in [1.29, 1.82) is 0 Å². The molecular weight excluding hydrogens is 253 g/mol. The smallest absolute Gasteiger partial charge is 0.148 e. The minimum absolute atomic E-state index is 0.104. The van der Waals surface area contributed by atoms with Crippen molar-refractivity contribution in [3.05, 3.63) is 64.4 Å². The largest absolute Gasteiger partial charge is 0.489 e. The maximum Gasteiger partial charge on any atom is 0.148 e. The standard InChI is InChI=1S/C14H13ClFNO/c15-13-6-2-4-11(14(13)16)9-18-12-5-1-3-10(7-12)8-17/h1-7H,8-9,17H2. The summed E-state index contributed by atoms with van der Waals surface area (Å²) in [6.45, 7) is 0.586. The van der Waals surface area contributed by atoms with Crippen LogP contribution in [0.4, 0.5) is 4.39 Å². The predicted molar refractivity (Wildman–Crippen MR) is 70.1 cm³/mol. The third-order valence-corrected chi connectivity index (χ3v) is 2.85. The molecule has 0 heterocycles. The Hall–Kier alpha value is -1.58. The van der Waals surface area contributed by atoms with Crippen molar-refractivity contribution < 1.29 is 9.13 Å². The lowest BCUT2D eigenvalue weighted by molar-refractivity contribution is 0.299. The van der Waals surface area contributed by atoms with Gasteiger partial charge in [0.25, 0.3) is 0 Å². The summed E-state index contributed by atoms with van der Waals surface area (Å²) < 4.78 is 19.1. The third-order valence-electron chi connectivity index (χ3n) is 2.56. The van der Waals surface area contributed by atoms with E-state index in [0.29, 0.717) is 17.9 Å². The molecule has 0 fully saturated rings. The lowest BCUT2D eigenvalue weighted by Crippen LogP contribution is -2.00. The van der Waals surface area contributed by atoms with Crippen LogP contribution in [-0.2, 0) is 13.2 Å². The number of nitrogens with two attached hydrogens (primary N) is 1. The van der Waals surface area contributed by atoms with Crippen molar-refractivity contribution >= 4 is 11.6 Å². The zero-order valence-corrected chi connectivity index (χ0v) is 10.5. The quantitative estimate of drug-likeness (QED) is 0.918. The van der Waals surface area contributed by atoms with Crippen LogP contribution in [0, 0.1) is 5.82 Å². The first-order chi connectivity index (χ1) is 8.70. The Morgan fingerprint density at radius 1 is 1.17 bits per heavy atom. The van der Waals surface area contributed by atoms with Crippen LogP contribution in [0.25, 0.3) is 0 Å². The number of hydrogen-bond acceptors (Lipinski definition) is 2. The lowest BCUT2D eigenvalue weighted by Gasteiger charge is -2.08. The van der Waals surface area contributed by atoms with E-state index in [4.69, 9.17) is 22.1 Å². The molecule has 4 heteroatoms. The second-order valence-corrected chi connectivity index (χ2v) is 4.26. The normalized spacial score (nSPS) is 10.4. The average Bonchev–Trinajstić information content (AvgIpc) is 2.41. The molecule has 0 spiro atoms.